The number of hydrogen-bond donors (Lipinski definition) is 0. The second-order valence-electron chi connectivity index (χ2n) is 2.22. The van der Waals surface area contributed by atoms with Crippen LogP contribution in [-0.4, -0.2) is 27.8 Å². The monoisotopic (exact) mass is 219 g/mol. The van der Waals surface area contributed by atoms with Crippen molar-refractivity contribution in [2.45, 2.75) is 18.5 Å². The molecular formula is C7H10ClN3OS. The fourth-order valence-electron chi connectivity index (χ4n) is 0.664. The van der Waals surface area contributed by atoms with Gasteiger partial charge >= 0.3 is 6.01 Å². The van der Waals surface area contributed by atoms with Gasteiger partial charge in [-0.3, -0.25) is 0 Å². The summed E-state index contributed by atoms with van der Waals surface area (Å²) in [5.74, 6) is 0.962. The molecule has 0 radical (unpaired) electrons. The van der Waals surface area contributed by atoms with Crippen LogP contribution in [0.5, 0.6) is 6.01 Å². The number of aromatic nitrogens is 3. The Morgan fingerprint density at radius 3 is 2.77 bits per heavy atom. The number of nitrogens with zero attached hydrogens (tertiary/aromatic N) is 3. The van der Waals surface area contributed by atoms with Gasteiger partial charge in [0.1, 0.15) is 0 Å². The lowest BCUT2D eigenvalue weighted by Crippen LogP contribution is -1.97. The van der Waals surface area contributed by atoms with Crippen molar-refractivity contribution in [3.8, 4) is 6.01 Å². The maximum Gasteiger partial charge on any atom is 0.321 e. The summed E-state index contributed by atoms with van der Waals surface area (Å²) in [5.41, 5.74) is 0. The van der Waals surface area contributed by atoms with Crippen molar-refractivity contribution in [2.75, 3.05) is 12.9 Å². The predicted molar refractivity (Wildman–Crippen MR) is 52.4 cm³/mol. The van der Waals surface area contributed by atoms with Gasteiger partial charge < -0.3 is 4.74 Å². The van der Waals surface area contributed by atoms with Gasteiger partial charge in [-0.25, -0.2) is 0 Å². The Morgan fingerprint density at radius 2 is 2.15 bits per heavy atom. The minimum absolute atomic E-state index is 0.172. The van der Waals surface area contributed by atoms with Crippen LogP contribution in [0.25, 0.3) is 0 Å². The van der Waals surface area contributed by atoms with E-state index in [1.165, 1.54) is 18.9 Å². The molecule has 0 spiro atoms. The Hall–Kier alpha value is -0.550. The first kappa shape index (κ1) is 10.5. The maximum atomic E-state index is 5.65. The van der Waals surface area contributed by atoms with E-state index in [0.717, 1.165) is 12.2 Å². The second-order valence-corrected chi connectivity index (χ2v) is 3.62. The van der Waals surface area contributed by atoms with Gasteiger partial charge in [-0.2, -0.15) is 15.0 Å². The quantitative estimate of drug-likeness (QED) is 0.726. The normalized spacial score (nSPS) is 10.1. The molecule has 0 saturated carbocycles. The molecule has 0 N–H and O–H groups in total. The highest BCUT2D eigenvalue weighted by atomic mass is 35.5. The van der Waals surface area contributed by atoms with Gasteiger partial charge in [0.15, 0.2) is 5.16 Å². The van der Waals surface area contributed by atoms with E-state index in [1.54, 1.807) is 0 Å². The largest absolute Gasteiger partial charge is 0.467 e. The van der Waals surface area contributed by atoms with Gasteiger partial charge in [-0.1, -0.05) is 18.7 Å². The molecule has 1 rings (SSSR count). The lowest BCUT2D eigenvalue weighted by Gasteiger charge is -2.00. The number of thioether (sulfide) groups is 1. The zero-order valence-electron chi connectivity index (χ0n) is 7.45. The summed E-state index contributed by atoms with van der Waals surface area (Å²) < 4.78 is 4.86. The molecule has 13 heavy (non-hydrogen) atoms. The molecule has 0 fully saturated rings. The summed E-state index contributed by atoms with van der Waals surface area (Å²) in [7, 11) is 1.50. The Bertz CT molecular complexity index is 284. The highest BCUT2D eigenvalue weighted by Crippen LogP contribution is 2.17. The Morgan fingerprint density at radius 1 is 1.38 bits per heavy atom. The lowest BCUT2D eigenvalue weighted by atomic mass is 10.6. The van der Waals surface area contributed by atoms with E-state index in [4.69, 9.17) is 16.3 Å². The first-order valence-corrected chi connectivity index (χ1v) is 5.21. The molecule has 0 saturated heterocycles. The third-order valence-electron chi connectivity index (χ3n) is 1.18. The predicted octanol–water partition coefficient (Wildman–Crippen LogP) is 2.04. The van der Waals surface area contributed by atoms with E-state index < -0.39 is 0 Å². The summed E-state index contributed by atoms with van der Waals surface area (Å²) >= 11 is 7.19. The average Bonchev–Trinajstić information content (AvgIpc) is 2.14. The van der Waals surface area contributed by atoms with Crippen LogP contribution >= 0.6 is 23.4 Å². The van der Waals surface area contributed by atoms with E-state index in [2.05, 4.69) is 21.9 Å². The van der Waals surface area contributed by atoms with Crippen molar-refractivity contribution in [3.63, 3.8) is 0 Å². The molecule has 1 aromatic heterocycles. The van der Waals surface area contributed by atoms with E-state index in [0.29, 0.717) is 5.16 Å². The van der Waals surface area contributed by atoms with Gasteiger partial charge in [-0.05, 0) is 18.0 Å². The van der Waals surface area contributed by atoms with Crippen LogP contribution in [0.1, 0.15) is 13.3 Å². The van der Waals surface area contributed by atoms with Crippen molar-refractivity contribution in [1.82, 2.24) is 15.0 Å². The molecule has 0 aliphatic carbocycles. The summed E-state index contributed by atoms with van der Waals surface area (Å²) in [6.07, 6.45) is 1.07. The number of methoxy groups -OCH3 is 1. The molecule has 1 aromatic rings. The van der Waals surface area contributed by atoms with Crippen molar-refractivity contribution in [1.29, 1.82) is 0 Å². The summed E-state index contributed by atoms with van der Waals surface area (Å²) in [4.78, 5) is 11.7. The van der Waals surface area contributed by atoms with Crippen LogP contribution in [0.4, 0.5) is 0 Å². The van der Waals surface area contributed by atoms with Crippen LogP contribution in [0.2, 0.25) is 5.28 Å². The van der Waals surface area contributed by atoms with Crippen molar-refractivity contribution >= 4 is 23.4 Å². The van der Waals surface area contributed by atoms with Crippen LogP contribution in [0.15, 0.2) is 5.16 Å². The smallest absolute Gasteiger partial charge is 0.321 e. The fourth-order valence-corrected chi connectivity index (χ4v) is 1.55. The number of rotatable bonds is 4. The minimum Gasteiger partial charge on any atom is -0.467 e. The zero-order chi connectivity index (χ0) is 9.68. The third kappa shape index (κ3) is 3.36. The molecular weight excluding hydrogens is 210 g/mol. The summed E-state index contributed by atoms with van der Waals surface area (Å²) in [6, 6.07) is 0.263. The Balaban J connectivity index is 2.76. The molecule has 0 bridgehead atoms. The first-order chi connectivity index (χ1) is 6.26. The number of hydrogen-bond acceptors (Lipinski definition) is 5. The number of halogens is 1. The van der Waals surface area contributed by atoms with Crippen LogP contribution in [0.3, 0.4) is 0 Å². The van der Waals surface area contributed by atoms with Gasteiger partial charge in [0, 0.05) is 5.75 Å². The summed E-state index contributed by atoms with van der Waals surface area (Å²) in [6.45, 7) is 2.09. The maximum absolute atomic E-state index is 5.65. The average molecular weight is 220 g/mol. The molecule has 0 aliphatic heterocycles. The minimum atomic E-state index is 0.172. The molecule has 0 amide bonds. The molecule has 72 valence electrons. The lowest BCUT2D eigenvalue weighted by molar-refractivity contribution is 0.373. The molecule has 0 atom stereocenters. The SMILES string of the molecule is CCCSc1nc(Cl)nc(OC)n1. The van der Waals surface area contributed by atoms with E-state index in [1.807, 2.05) is 0 Å². The Labute approximate surface area is 86.1 Å². The van der Waals surface area contributed by atoms with Gasteiger partial charge in [-0.15, -0.1) is 0 Å². The highest BCUT2D eigenvalue weighted by Gasteiger charge is 2.04. The summed E-state index contributed by atoms with van der Waals surface area (Å²) in [5, 5.41) is 0.782. The fraction of sp³-hybridized carbons (Fsp3) is 0.571. The molecule has 4 nitrogen and oxygen atoms in total. The molecule has 0 aromatic carbocycles. The Kier molecular flexibility index (Phi) is 4.24. The molecule has 6 heteroatoms. The highest BCUT2D eigenvalue weighted by molar-refractivity contribution is 7.99. The number of ether oxygens (including phenoxy) is 1. The molecule has 0 aliphatic rings. The topological polar surface area (TPSA) is 47.9 Å². The third-order valence-corrected chi connectivity index (χ3v) is 2.41. The molecule has 1 heterocycles. The van der Waals surface area contributed by atoms with Gasteiger partial charge in [0.05, 0.1) is 7.11 Å². The first-order valence-electron chi connectivity index (χ1n) is 3.84. The van der Waals surface area contributed by atoms with Crippen LogP contribution in [-0.2, 0) is 0 Å². The van der Waals surface area contributed by atoms with E-state index >= 15 is 0 Å². The van der Waals surface area contributed by atoms with E-state index in [-0.39, 0.29) is 11.3 Å². The van der Waals surface area contributed by atoms with Crippen molar-refractivity contribution < 1.29 is 4.74 Å². The zero-order valence-corrected chi connectivity index (χ0v) is 9.02. The van der Waals surface area contributed by atoms with Crippen LogP contribution < -0.4 is 4.74 Å². The second kappa shape index (κ2) is 5.24. The molecule has 0 unspecified atom stereocenters. The van der Waals surface area contributed by atoms with Crippen molar-refractivity contribution in [2.24, 2.45) is 0 Å². The van der Waals surface area contributed by atoms with Gasteiger partial charge in [0.25, 0.3) is 0 Å². The van der Waals surface area contributed by atoms with E-state index in [9.17, 15) is 0 Å². The van der Waals surface area contributed by atoms with Gasteiger partial charge in [0.2, 0.25) is 5.28 Å². The standard InChI is InChI=1S/C7H10ClN3OS/c1-3-4-13-7-10-5(8)9-6(11-7)12-2/h3-4H2,1-2H3. The van der Waals surface area contributed by atoms with Crippen molar-refractivity contribution in [3.05, 3.63) is 5.28 Å². The van der Waals surface area contributed by atoms with Crippen LogP contribution in [0, 0.1) is 0 Å².